The van der Waals surface area contributed by atoms with E-state index in [-0.39, 0.29) is 20.0 Å². The van der Waals surface area contributed by atoms with Crippen molar-refractivity contribution in [2.24, 2.45) is 0 Å². The third-order valence-electron chi connectivity index (χ3n) is 1.97. The van der Waals surface area contributed by atoms with Gasteiger partial charge in [-0.3, -0.25) is 4.79 Å². The number of nitriles is 1. The number of ketones is 1. The van der Waals surface area contributed by atoms with Crippen LogP contribution in [0.3, 0.4) is 0 Å². The van der Waals surface area contributed by atoms with E-state index in [4.69, 9.17) is 5.26 Å². The van der Waals surface area contributed by atoms with Gasteiger partial charge in [0.25, 0.3) is 0 Å². The summed E-state index contributed by atoms with van der Waals surface area (Å²) in [6.45, 7) is 0. The van der Waals surface area contributed by atoms with Crippen LogP contribution in [0.5, 0.6) is 0 Å². The van der Waals surface area contributed by atoms with Crippen LogP contribution < -0.4 is 0 Å². The van der Waals surface area contributed by atoms with Gasteiger partial charge < -0.3 is 0 Å². The van der Waals surface area contributed by atoms with E-state index in [1.165, 1.54) is 22.6 Å². The minimum absolute atomic E-state index is 0.0492. The fraction of sp³-hybridized carbons (Fsp3) is 0.200. The molecule has 0 aliphatic heterocycles. The third-order valence-corrected chi connectivity index (χ3v) is 3.60. The summed E-state index contributed by atoms with van der Waals surface area (Å²) in [7, 11) is 0. The molecule has 0 aliphatic carbocycles. The first-order chi connectivity index (χ1) is 7.82. The van der Waals surface area contributed by atoms with E-state index in [1.807, 2.05) is 0 Å². The molecule has 1 aromatic rings. The quantitative estimate of drug-likeness (QED) is 0.417. The highest BCUT2D eigenvalue weighted by Crippen LogP contribution is 2.35. The summed E-state index contributed by atoms with van der Waals surface area (Å²) in [6, 6.07) is 3.54. The fourth-order valence-corrected chi connectivity index (χ4v) is 2.58. The maximum absolute atomic E-state index is 12.6. The first kappa shape index (κ1) is 14.4. The van der Waals surface area contributed by atoms with Gasteiger partial charge >= 0.3 is 6.18 Å². The summed E-state index contributed by atoms with van der Waals surface area (Å²) >= 11 is 4.32. The Labute approximate surface area is 117 Å². The Morgan fingerprint density at radius 2 is 2.06 bits per heavy atom. The monoisotopic (exact) mass is 417 g/mol. The number of Topliss-reactive ketones (excluding diaryl/α,β-unsaturated/α-hetero) is 1. The van der Waals surface area contributed by atoms with Crippen LogP contribution in [0.4, 0.5) is 13.2 Å². The maximum Gasteiger partial charge on any atom is 0.417 e. The average molecular weight is 418 g/mol. The van der Waals surface area contributed by atoms with Gasteiger partial charge in [0.15, 0.2) is 5.78 Å². The van der Waals surface area contributed by atoms with Crippen LogP contribution in [0, 0.1) is 14.9 Å². The number of benzene rings is 1. The molecule has 0 unspecified atom stereocenters. The Bertz CT molecular complexity index is 507. The summed E-state index contributed by atoms with van der Waals surface area (Å²) in [5, 5.41) is 8.65. The Kier molecular flexibility index (Phi) is 4.55. The Morgan fingerprint density at radius 1 is 1.47 bits per heavy atom. The molecular weight excluding hydrogens is 414 g/mol. The van der Waals surface area contributed by atoms with Gasteiger partial charge in [0.05, 0.1) is 28.1 Å². The fourth-order valence-electron chi connectivity index (χ4n) is 1.23. The molecule has 0 bridgehead atoms. The number of nitrogens with zero attached hydrogens (tertiary/aromatic N) is 1. The van der Waals surface area contributed by atoms with Crippen molar-refractivity contribution in [3.63, 3.8) is 0 Å². The van der Waals surface area contributed by atoms with Crippen LogP contribution in [0.25, 0.3) is 0 Å². The van der Waals surface area contributed by atoms with Crippen LogP contribution in [-0.2, 0) is 6.18 Å². The molecule has 0 saturated carbocycles. The lowest BCUT2D eigenvalue weighted by atomic mass is 10.0. The number of rotatable bonds is 2. The largest absolute Gasteiger partial charge is 0.417 e. The summed E-state index contributed by atoms with van der Waals surface area (Å²) in [5.74, 6) is -0.544. The second-order valence-electron chi connectivity index (χ2n) is 3.02. The molecule has 1 aromatic carbocycles. The first-order valence-corrected chi connectivity index (χ1v) is 6.42. The number of carbonyl (C=O) groups excluding carboxylic acids is 1. The zero-order valence-corrected chi connectivity index (χ0v) is 11.9. The highest BCUT2D eigenvalue weighted by atomic mass is 127. The van der Waals surface area contributed by atoms with Gasteiger partial charge in [-0.15, -0.1) is 0 Å². The summed E-state index contributed by atoms with van der Waals surface area (Å²) in [6.07, 6.45) is -4.54. The van der Waals surface area contributed by atoms with Crippen LogP contribution >= 0.6 is 38.5 Å². The van der Waals surface area contributed by atoms with Crippen molar-refractivity contribution in [3.05, 3.63) is 32.4 Å². The molecule has 7 heteroatoms. The van der Waals surface area contributed by atoms with E-state index in [1.54, 1.807) is 6.07 Å². The zero-order chi connectivity index (χ0) is 13.2. The Balaban J connectivity index is 3.56. The minimum atomic E-state index is -4.54. The van der Waals surface area contributed by atoms with Crippen LogP contribution in [-0.4, -0.2) is 11.1 Å². The molecule has 0 fully saturated rings. The SMILES string of the molecule is N#Cc1ccc(C(F)(F)F)c(I)c1C(=O)CBr. The van der Waals surface area contributed by atoms with Gasteiger partial charge in [-0.05, 0) is 34.7 Å². The molecule has 0 amide bonds. The molecule has 0 aromatic heterocycles. The predicted octanol–water partition coefficient (Wildman–Crippen LogP) is 3.76. The van der Waals surface area contributed by atoms with E-state index in [0.717, 1.165) is 12.1 Å². The number of hydrogen-bond donors (Lipinski definition) is 0. The molecule has 17 heavy (non-hydrogen) atoms. The van der Waals surface area contributed by atoms with Crippen molar-refractivity contribution in [2.75, 3.05) is 5.33 Å². The van der Waals surface area contributed by atoms with E-state index < -0.39 is 17.5 Å². The Morgan fingerprint density at radius 3 is 2.47 bits per heavy atom. The van der Waals surface area contributed by atoms with Crippen LogP contribution in [0.15, 0.2) is 12.1 Å². The van der Waals surface area contributed by atoms with Gasteiger partial charge in [0.1, 0.15) is 0 Å². The van der Waals surface area contributed by atoms with Crippen molar-refractivity contribution in [3.8, 4) is 6.07 Å². The van der Waals surface area contributed by atoms with Crippen molar-refractivity contribution in [1.29, 1.82) is 5.26 Å². The van der Waals surface area contributed by atoms with Crippen LogP contribution in [0.1, 0.15) is 21.5 Å². The topological polar surface area (TPSA) is 40.9 Å². The maximum atomic E-state index is 12.6. The second kappa shape index (κ2) is 5.35. The van der Waals surface area contributed by atoms with Crippen molar-refractivity contribution in [2.45, 2.75) is 6.18 Å². The molecule has 0 aliphatic rings. The molecular formula is C10H4BrF3INO. The van der Waals surface area contributed by atoms with E-state index >= 15 is 0 Å². The standard InChI is InChI=1S/C10H4BrF3INO/c11-3-7(17)8-5(4-16)1-2-6(9(8)15)10(12,13)14/h1-2H,3H2. The molecule has 0 atom stereocenters. The molecule has 90 valence electrons. The van der Waals surface area contributed by atoms with Gasteiger partial charge in [0, 0.05) is 3.57 Å². The van der Waals surface area contributed by atoms with Crippen molar-refractivity contribution < 1.29 is 18.0 Å². The molecule has 0 heterocycles. The number of halogens is 5. The smallest absolute Gasteiger partial charge is 0.293 e. The molecule has 2 nitrogen and oxygen atoms in total. The highest BCUT2D eigenvalue weighted by molar-refractivity contribution is 14.1. The number of hydrogen-bond acceptors (Lipinski definition) is 2. The number of carbonyl (C=O) groups is 1. The third kappa shape index (κ3) is 2.98. The van der Waals surface area contributed by atoms with E-state index in [0.29, 0.717) is 0 Å². The van der Waals surface area contributed by atoms with E-state index in [2.05, 4.69) is 15.9 Å². The van der Waals surface area contributed by atoms with Gasteiger partial charge in [-0.2, -0.15) is 18.4 Å². The van der Waals surface area contributed by atoms with Gasteiger partial charge in [-0.1, -0.05) is 15.9 Å². The molecule has 1 rings (SSSR count). The molecule has 0 radical (unpaired) electrons. The van der Waals surface area contributed by atoms with E-state index in [9.17, 15) is 18.0 Å². The van der Waals surface area contributed by atoms with Crippen LogP contribution in [0.2, 0.25) is 0 Å². The lowest BCUT2D eigenvalue weighted by Gasteiger charge is -2.12. The highest BCUT2D eigenvalue weighted by Gasteiger charge is 2.35. The summed E-state index contributed by atoms with van der Waals surface area (Å²) < 4.78 is 37.6. The number of alkyl halides is 4. The Hall–Kier alpha value is -0.620. The molecule has 0 saturated heterocycles. The molecule has 0 spiro atoms. The lowest BCUT2D eigenvalue weighted by molar-refractivity contribution is -0.138. The normalized spacial score (nSPS) is 11.1. The zero-order valence-electron chi connectivity index (χ0n) is 8.11. The lowest BCUT2D eigenvalue weighted by Crippen LogP contribution is -2.14. The second-order valence-corrected chi connectivity index (χ2v) is 4.66. The average Bonchev–Trinajstić information content (AvgIpc) is 2.25. The predicted molar refractivity (Wildman–Crippen MR) is 67.0 cm³/mol. The van der Waals surface area contributed by atoms with Crippen molar-refractivity contribution in [1.82, 2.24) is 0 Å². The summed E-state index contributed by atoms with van der Waals surface area (Å²) in [5.41, 5.74) is -1.13. The minimum Gasteiger partial charge on any atom is -0.293 e. The first-order valence-electron chi connectivity index (χ1n) is 4.22. The van der Waals surface area contributed by atoms with Gasteiger partial charge in [-0.25, -0.2) is 0 Å². The van der Waals surface area contributed by atoms with Gasteiger partial charge in [0.2, 0.25) is 0 Å². The summed E-state index contributed by atoms with van der Waals surface area (Å²) in [4.78, 5) is 11.5. The van der Waals surface area contributed by atoms with Crippen molar-refractivity contribution >= 4 is 44.3 Å². The molecule has 0 N–H and O–H groups in total.